The van der Waals surface area contributed by atoms with Crippen molar-refractivity contribution in [2.24, 2.45) is 5.92 Å². The van der Waals surface area contributed by atoms with Gasteiger partial charge in [0, 0.05) is 0 Å². The van der Waals surface area contributed by atoms with Gasteiger partial charge in [-0.25, -0.2) is 0 Å². The Kier molecular flexibility index (Phi) is 4.18. The zero-order valence-corrected chi connectivity index (χ0v) is 10.6. The van der Waals surface area contributed by atoms with E-state index >= 15 is 0 Å². The van der Waals surface area contributed by atoms with Crippen LogP contribution in [0.25, 0.3) is 0 Å². The largest absolute Gasteiger partial charge is 0.504 e. The van der Waals surface area contributed by atoms with E-state index in [-0.39, 0.29) is 12.2 Å². The van der Waals surface area contributed by atoms with Gasteiger partial charge < -0.3 is 14.9 Å². The van der Waals surface area contributed by atoms with Crippen molar-refractivity contribution in [3.63, 3.8) is 0 Å². The number of aromatic hydroxyl groups is 1. The molecule has 0 saturated heterocycles. The van der Waals surface area contributed by atoms with E-state index in [9.17, 15) is 9.90 Å². The molecule has 0 spiro atoms. The molecule has 1 rings (SSSR count). The summed E-state index contributed by atoms with van der Waals surface area (Å²) in [6.45, 7) is 1.59. The second-order valence-electron chi connectivity index (χ2n) is 3.53. The summed E-state index contributed by atoms with van der Waals surface area (Å²) in [7, 11) is 1.45. The highest BCUT2D eigenvalue weighted by Gasteiger charge is 2.17. The first-order valence-corrected chi connectivity index (χ1v) is 5.53. The van der Waals surface area contributed by atoms with Crippen LogP contribution in [0.1, 0.15) is 12.5 Å². The fraction of sp³-hybridized carbons (Fsp3) is 0.364. The highest BCUT2D eigenvalue weighted by molar-refractivity contribution is 9.10. The molecule has 0 radical (unpaired) electrons. The smallest absolute Gasteiger partial charge is 0.306 e. The fourth-order valence-corrected chi connectivity index (χ4v) is 1.85. The van der Waals surface area contributed by atoms with Gasteiger partial charge in [-0.05, 0) is 34.0 Å². The molecular formula is C11H13BrO4. The van der Waals surface area contributed by atoms with Crippen molar-refractivity contribution in [2.75, 3.05) is 7.11 Å². The molecule has 0 aliphatic carbocycles. The minimum Gasteiger partial charge on any atom is -0.504 e. The Morgan fingerprint density at radius 1 is 1.56 bits per heavy atom. The average Bonchev–Trinajstić information content (AvgIpc) is 2.22. The Hall–Kier alpha value is -1.23. The first kappa shape index (κ1) is 12.8. The number of carboxylic acids is 1. The van der Waals surface area contributed by atoms with Crippen molar-refractivity contribution in [3.05, 3.63) is 22.2 Å². The topological polar surface area (TPSA) is 66.8 Å². The Morgan fingerprint density at radius 2 is 2.19 bits per heavy atom. The molecule has 0 aliphatic heterocycles. The number of carboxylic acid groups (broad SMARTS) is 1. The molecule has 1 unspecified atom stereocenters. The standard InChI is InChI=1S/C11H13BrO4/c1-6(11(14)15)5-7-3-4-8(12)10(16-2)9(7)13/h3-4,6,13H,5H2,1-2H3,(H,14,15). The van der Waals surface area contributed by atoms with Gasteiger partial charge in [0.15, 0.2) is 11.5 Å². The molecule has 0 bridgehead atoms. The zero-order valence-electron chi connectivity index (χ0n) is 9.03. The van der Waals surface area contributed by atoms with E-state index in [4.69, 9.17) is 9.84 Å². The third-order valence-electron chi connectivity index (χ3n) is 2.32. The van der Waals surface area contributed by atoms with Crippen LogP contribution in [0.3, 0.4) is 0 Å². The SMILES string of the molecule is COc1c(Br)ccc(CC(C)C(=O)O)c1O. The lowest BCUT2D eigenvalue weighted by Crippen LogP contribution is -2.12. The van der Waals surface area contributed by atoms with Gasteiger partial charge in [-0.1, -0.05) is 13.0 Å². The molecule has 88 valence electrons. The third kappa shape index (κ3) is 2.66. The van der Waals surface area contributed by atoms with Gasteiger partial charge in [-0.2, -0.15) is 0 Å². The molecule has 1 atom stereocenters. The number of halogens is 1. The summed E-state index contributed by atoms with van der Waals surface area (Å²) in [4.78, 5) is 10.7. The van der Waals surface area contributed by atoms with Gasteiger partial charge >= 0.3 is 5.97 Å². The van der Waals surface area contributed by atoms with Crippen molar-refractivity contribution in [1.29, 1.82) is 0 Å². The van der Waals surface area contributed by atoms with Gasteiger partial charge in [0.25, 0.3) is 0 Å². The van der Waals surface area contributed by atoms with Gasteiger partial charge in [-0.15, -0.1) is 0 Å². The predicted molar refractivity (Wildman–Crippen MR) is 62.9 cm³/mol. The molecule has 16 heavy (non-hydrogen) atoms. The highest BCUT2D eigenvalue weighted by atomic mass is 79.9. The Morgan fingerprint density at radius 3 is 2.69 bits per heavy atom. The molecular weight excluding hydrogens is 276 g/mol. The summed E-state index contributed by atoms with van der Waals surface area (Å²) in [5.41, 5.74) is 0.565. The number of methoxy groups -OCH3 is 1. The number of ether oxygens (including phenoxy) is 1. The summed E-state index contributed by atoms with van der Waals surface area (Å²) in [6, 6.07) is 3.41. The Balaban J connectivity index is 3.02. The van der Waals surface area contributed by atoms with Crippen LogP contribution in [-0.4, -0.2) is 23.3 Å². The van der Waals surface area contributed by atoms with Crippen molar-refractivity contribution in [3.8, 4) is 11.5 Å². The molecule has 0 aliphatic rings. The normalized spacial score (nSPS) is 12.2. The van der Waals surface area contributed by atoms with Gasteiger partial charge in [0.05, 0.1) is 17.5 Å². The number of aliphatic carboxylic acids is 1. The van der Waals surface area contributed by atoms with Crippen LogP contribution in [-0.2, 0) is 11.2 Å². The second-order valence-corrected chi connectivity index (χ2v) is 4.39. The summed E-state index contributed by atoms with van der Waals surface area (Å²) in [5.74, 6) is -1.11. The highest BCUT2D eigenvalue weighted by Crippen LogP contribution is 2.37. The van der Waals surface area contributed by atoms with Crippen molar-refractivity contribution in [1.82, 2.24) is 0 Å². The number of hydrogen-bond donors (Lipinski definition) is 2. The molecule has 0 heterocycles. The van der Waals surface area contributed by atoms with E-state index in [1.54, 1.807) is 19.1 Å². The fourth-order valence-electron chi connectivity index (χ4n) is 1.36. The quantitative estimate of drug-likeness (QED) is 0.893. The number of phenolic OH excluding ortho intramolecular Hbond substituents is 1. The van der Waals surface area contributed by atoms with Crippen LogP contribution in [0, 0.1) is 5.92 Å². The lowest BCUT2D eigenvalue weighted by Gasteiger charge is -2.12. The number of phenols is 1. The predicted octanol–water partition coefficient (Wildman–Crippen LogP) is 2.43. The minimum absolute atomic E-state index is 0.00928. The minimum atomic E-state index is -0.888. The van der Waals surface area contributed by atoms with Gasteiger partial charge in [0.1, 0.15) is 0 Å². The van der Waals surface area contributed by atoms with Crippen molar-refractivity contribution >= 4 is 21.9 Å². The zero-order chi connectivity index (χ0) is 12.3. The maximum absolute atomic E-state index is 10.7. The van der Waals surface area contributed by atoms with Crippen LogP contribution in [0.5, 0.6) is 11.5 Å². The molecule has 5 heteroatoms. The summed E-state index contributed by atoms with van der Waals surface area (Å²) < 4.78 is 5.65. The molecule has 0 fully saturated rings. The first-order chi connectivity index (χ1) is 7.47. The number of hydrogen-bond acceptors (Lipinski definition) is 3. The number of rotatable bonds is 4. The number of benzene rings is 1. The Labute approximate surface area is 102 Å². The molecule has 0 saturated carbocycles. The first-order valence-electron chi connectivity index (χ1n) is 4.74. The van der Waals surface area contributed by atoms with E-state index < -0.39 is 11.9 Å². The lowest BCUT2D eigenvalue weighted by molar-refractivity contribution is -0.141. The molecule has 0 aromatic heterocycles. The van der Waals surface area contributed by atoms with Gasteiger partial charge in [0.2, 0.25) is 0 Å². The molecule has 1 aromatic carbocycles. The molecule has 1 aromatic rings. The van der Waals surface area contributed by atoms with Gasteiger partial charge in [-0.3, -0.25) is 4.79 Å². The maximum Gasteiger partial charge on any atom is 0.306 e. The van der Waals surface area contributed by atoms with E-state index in [1.807, 2.05) is 0 Å². The van der Waals surface area contributed by atoms with Crippen molar-refractivity contribution in [2.45, 2.75) is 13.3 Å². The Bertz CT molecular complexity index is 403. The maximum atomic E-state index is 10.7. The van der Waals surface area contributed by atoms with Crippen LogP contribution < -0.4 is 4.74 Å². The van der Waals surface area contributed by atoms with Crippen molar-refractivity contribution < 1.29 is 19.7 Å². The van der Waals surface area contributed by atoms with Crippen LogP contribution in [0.2, 0.25) is 0 Å². The summed E-state index contributed by atoms with van der Waals surface area (Å²) >= 11 is 3.24. The average molecular weight is 289 g/mol. The summed E-state index contributed by atoms with van der Waals surface area (Å²) in [6.07, 6.45) is 0.269. The van der Waals surface area contributed by atoms with Crippen LogP contribution in [0.15, 0.2) is 16.6 Å². The van der Waals surface area contributed by atoms with E-state index in [0.717, 1.165) is 0 Å². The van der Waals surface area contributed by atoms with E-state index in [0.29, 0.717) is 15.8 Å². The van der Waals surface area contributed by atoms with Crippen LogP contribution >= 0.6 is 15.9 Å². The third-order valence-corrected chi connectivity index (χ3v) is 2.94. The number of carbonyl (C=O) groups is 1. The monoisotopic (exact) mass is 288 g/mol. The lowest BCUT2D eigenvalue weighted by atomic mass is 10.0. The molecule has 4 nitrogen and oxygen atoms in total. The second kappa shape index (κ2) is 5.21. The molecule has 0 amide bonds. The summed E-state index contributed by atoms with van der Waals surface area (Å²) in [5, 5.41) is 18.6. The van der Waals surface area contributed by atoms with E-state index in [2.05, 4.69) is 15.9 Å². The van der Waals surface area contributed by atoms with E-state index in [1.165, 1.54) is 7.11 Å². The van der Waals surface area contributed by atoms with Crippen LogP contribution in [0.4, 0.5) is 0 Å². The molecule has 2 N–H and O–H groups in total.